The number of hydrogen-bond acceptors (Lipinski definition) is 6. The van der Waals surface area contributed by atoms with Crippen molar-refractivity contribution in [3.63, 3.8) is 0 Å². The molecule has 2 aromatic rings. The molecule has 0 saturated heterocycles. The first-order valence-electron chi connectivity index (χ1n) is 13.3. The third-order valence-corrected chi connectivity index (χ3v) is 7.49. The van der Waals surface area contributed by atoms with Crippen molar-refractivity contribution in [1.29, 1.82) is 0 Å². The number of nitrogens with zero attached hydrogens (tertiary/aromatic N) is 1. The number of nitrogens with two attached hydrogens (primary N) is 1. The highest BCUT2D eigenvalue weighted by Gasteiger charge is 2.34. The van der Waals surface area contributed by atoms with Crippen LogP contribution in [0, 0.1) is 0 Å². The van der Waals surface area contributed by atoms with Crippen molar-refractivity contribution in [3.05, 3.63) is 64.2 Å². The minimum absolute atomic E-state index is 0.0371. The predicted molar refractivity (Wildman–Crippen MR) is 142 cm³/mol. The molecular formula is C29H36N4O4. The lowest BCUT2D eigenvalue weighted by molar-refractivity contribution is -0.120. The number of amides is 2. The standard InChI is InChI=1S/C29H36N4O4/c1-29(2)23-11-9-18(6-3-4-8-21-16-26(34)33-28(30)31-21)14-22(23)24(17-37-29)32-27(35)20-10-12-25-19(15-20)7-5-13-36-25/h9-12,14-15,21,24H,3-8,13,16-17H2,1-2H3,(H,32,35)(H3,30,31,33,34). The van der Waals surface area contributed by atoms with Gasteiger partial charge in [-0.05, 0) is 86.4 Å². The summed E-state index contributed by atoms with van der Waals surface area (Å²) in [6.07, 6.45) is 5.99. The van der Waals surface area contributed by atoms with E-state index in [9.17, 15) is 9.59 Å². The van der Waals surface area contributed by atoms with E-state index >= 15 is 0 Å². The second kappa shape index (κ2) is 10.5. The summed E-state index contributed by atoms with van der Waals surface area (Å²) < 4.78 is 11.9. The number of carbonyl (C=O) groups excluding carboxylic acids is 2. The molecule has 8 heteroatoms. The molecule has 0 saturated carbocycles. The number of ether oxygens (including phenoxy) is 2. The summed E-state index contributed by atoms with van der Waals surface area (Å²) in [5.74, 6) is 0.934. The van der Waals surface area contributed by atoms with Gasteiger partial charge in [0.2, 0.25) is 5.91 Å². The molecule has 0 radical (unpaired) electrons. The Morgan fingerprint density at radius 1 is 1.22 bits per heavy atom. The van der Waals surface area contributed by atoms with Crippen molar-refractivity contribution in [2.75, 3.05) is 13.2 Å². The fourth-order valence-electron chi connectivity index (χ4n) is 5.48. The highest BCUT2D eigenvalue weighted by Crippen LogP contribution is 2.38. The zero-order valence-corrected chi connectivity index (χ0v) is 21.6. The maximum Gasteiger partial charge on any atom is 0.251 e. The monoisotopic (exact) mass is 504 g/mol. The lowest BCUT2D eigenvalue weighted by Gasteiger charge is -2.38. The second-order valence-electron chi connectivity index (χ2n) is 10.7. The van der Waals surface area contributed by atoms with Crippen LogP contribution in [0.2, 0.25) is 0 Å². The van der Waals surface area contributed by atoms with Gasteiger partial charge in [-0.2, -0.15) is 0 Å². The van der Waals surface area contributed by atoms with E-state index in [1.807, 2.05) is 18.2 Å². The molecule has 4 N–H and O–H groups in total. The van der Waals surface area contributed by atoms with Crippen LogP contribution in [0.25, 0.3) is 0 Å². The molecule has 0 fully saturated rings. The van der Waals surface area contributed by atoms with Crippen LogP contribution < -0.4 is 21.1 Å². The number of hydrogen-bond donors (Lipinski definition) is 3. The third kappa shape index (κ3) is 5.80. The van der Waals surface area contributed by atoms with Crippen LogP contribution in [0.1, 0.15) is 84.6 Å². The summed E-state index contributed by atoms with van der Waals surface area (Å²) in [5, 5.41) is 5.76. The van der Waals surface area contributed by atoms with Gasteiger partial charge in [0.15, 0.2) is 5.96 Å². The van der Waals surface area contributed by atoms with Crippen molar-refractivity contribution in [1.82, 2.24) is 10.6 Å². The van der Waals surface area contributed by atoms with Gasteiger partial charge in [-0.15, -0.1) is 0 Å². The first-order chi connectivity index (χ1) is 17.8. The minimum Gasteiger partial charge on any atom is -0.493 e. The Bertz CT molecular complexity index is 1220. The van der Waals surface area contributed by atoms with Gasteiger partial charge in [-0.3, -0.25) is 14.9 Å². The van der Waals surface area contributed by atoms with Crippen LogP contribution in [-0.2, 0) is 28.0 Å². The molecular weight excluding hydrogens is 468 g/mol. The molecule has 0 spiro atoms. The van der Waals surface area contributed by atoms with E-state index < -0.39 is 5.60 Å². The van der Waals surface area contributed by atoms with Crippen molar-refractivity contribution >= 4 is 17.8 Å². The molecule has 3 heterocycles. The Labute approximate surface area is 218 Å². The zero-order valence-electron chi connectivity index (χ0n) is 21.6. The number of guanidine groups is 1. The minimum atomic E-state index is -0.419. The molecule has 2 unspecified atom stereocenters. The van der Waals surface area contributed by atoms with Crippen LogP contribution in [0.15, 0.2) is 41.4 Å². The van der Waals surface area contributed by atoms with Crippen molar-refractivity contribution in [2.45, 2.75) is 76.5 Å². The fraction of sp³-hybridized carbons (Fsp3) is 0.483. The lowest BCUT2D eigenvalue weighted by atomic mass is 9.85. The third-order valence-electron chi connectivity index (χ3n) is 7.49. The van der Waals surface area contributed by atoms with Crippen molar-refractivity contribution in [3.8, 4) is 5.75 Å². The highest BCUT2D eigenvalue weighted by atomic mass is 16.5. The van der Waals surface area contributed by atoms with Crippen LogP contribution in [0.4, 0.5) is 0 Å². The van der Waals surface area contributed by atoms with Crippen LogP contribution in [0.3, 0.4) is 0 Å². The van der Waals surface area contributed by atoms with Gasteiger partial charge in [0.1, 0.15) is 5.75 Å². The maximum absolute atomic E-state index is 13.2. The van der Waals surface area contributed by atoms with Crippen LogP contribution in [0.5, 0.6) is 5.75 Å². The summed E-state index contributed by atoms with van der Waals surface area (Å²) in [7, 11) is 0. The number of aliphatic imine (C=N–C) groups is 1. The SMILES string of the molecule is CC1(C)OCC(NC(=O)c2ccc3c(c2)CCCO3)c2cc(CCCCC3CC(=O)NC(N)=N3)ccc21. The summed E-state index contributed by atoms with van der Waals surface area (Å²) >= 11 is 0. The Morgan fingerprint density at radius 3 is 2.92 bits per heavy atom. The molecule has 0 aliphatic carbocycles. The van der Waals surface area contributed by atoms with Gasteiger partial charge in [0, 0.05) is 12.0 Å². The molecule has 0 bridgehead atoms. The number of rotatable bonds is 7. The first-order valence-corrected chi connectivity index (χ1v) is 13.3. The van der Waals surface area contributed by atoms with E-state index in [1.165, 1.54) is 5.56 Å². The Balaban J connectivity index is 1.25. The summed E-state index contributed by atoms with van der Waals surface area (Å²) in [5.41, 5.74) is 10.4. The summed E-state index contributed by atoms with van der Waals surface area (Å²) in [6.45, 7) is 5.29. The molecule has 8 nitrogen and oxygen atoms in total. The quantitative estimate of drug-likeness (QED) is 0.498. The van der Waals surface area contributed by atoms with E-state index in [1.54, 1.807) is 0 Å². The van der Waals surface area contributed by atoms with Crippen molar-refractivity contribution < 1.29 is 19.1 Å². The van der Waals surface area contributed by atoms with Gasteiger partial charge < -0.3 is 20.5 Å². The first kappa shape index (κ1) is 25.3. The normalized spacial score (nSPS) is 22.1. The van der Waals surface area contributed by atoms with E-state index in [2.05, 4.69) is 47.7 Å². The zero-order chi connectivity index (χ0) is 26.0. The fourth-order valence-corrected chi connectivity index (χ4v) is 5.48. The number of unbranched alkanes of at least 4 members (excludes halogenated alkanes) is 1. The highest BCUT2D eigenvalue weighted by molar-refractivity contribution is 5.98. The van der Waals surface area contributed by atoms with E-state index in [-0.39, 0.29) is 29.9 Å². The van der Waals surface area contributed by atoms with Crippen molar-refractivity contribution in [2.24, 2.45) is 10.7 Å². The van der Waals surface area contributed by atoms with E-state index in [0.29, 0.717) is 18.6 Å². The average molecular weight is 505 g/mol. The number of fused-ring (bicyclic) bond motifs is 2. The molecule has 2 atom stereocenters. The number of nitrogens with one attached hydrogen (secondary N) is 2. The van der Waals surface area contributed by atoms with Gasteiger partial charge in [0.25, 0.3) is 5.91 Å². The Kier molecular flexibility index (Phi) is 7.20. The smallest absolute Gasteiger partial charge is 0.251 e. The number of benzene rings is 2. The predicted octanol–water partition coefficient (Wildman–Crippen LogP) is 3.66. The summed E-state index contributed by atoms with van der Waals surface area (Å²) in [6, 6.07) is 11.9. The number of aryl methyl sites for hydroxylation is 2. The van der Waals surface area contributed by atoms with Gasteiger partial charge in [0.05, 0.1) is 30.9 Å². The van der Waals surface area contributed by atoms with Gasteiger partial charge in [-0.1, -0.05) is 24.6 Å². The van der Waals surface area contributed by atoms with Gasteiger partial charge >= 0.3 is 0 Å². The molecule has 37 heavy (non-hydrogen) atoms. The topological polar surface area (TPSA) is 115 Å². The second-order valence-corrected chi connectivity index (χ2v) is 10.7. The largest absolute Gasteiger partial charge is 0.493 e. The molecule has 5 rings (SSSR count). The number of carbonyl (C=O) groups is 2. The molecule has 3 aliphatic rings. The van der Waals surface area contributed by atoms with E-state index in [4.69, 9.17) is 15.2 Å². The van der Waals surface area contributed by atoms with Crippen LogP contribution >= 0.6 is 0 Å². The van der Waals surface area contributed by atoms with E-state index in [0.717, 1.165) is 67.6 Å². The molecule has 2 amide bonds. The Morgan fingerprint density at radius 2 is 2.08 bits per heavy atom. The Hall–Kier alpha value is -3.39. The lowest BCUT2D eigenvalue weighted by Crippen LogP contribution is -2.43. The summed E-state index contributed by atoms with van der Waals surface area (Å²) in [4.78, 5) is 29.2. The molecule has 0 aromatic heterocycles. The molecule has 2 aromatic carbocycles. The van der Waals surface area contributed by atoms with Crippen LogP contribution in [-0.4, -0.2) is 37.0 Å². The maximum atomic E-state index is 13.2. The average Bonchev–Trinajstić information content (AvgIpc) is 2.87. The molecule has 196 valence electrons. The van der Waals surface area contributed by atoms with Gasteiger partial charge in [-0.25, -0.2) is 4.99 Å². The molecule has 3 aliphatic heterocycles.